The number of carboxylic acid groups (broad SMARTS) is 1. The van der Waals surface area contributed by atoms with E-state index in [0.717, 1.165) is 18.2 Å². The summed E-state index contributed by atoms with van der Waals surface area (Å²) in [5.74, 6) is -1.73. The summed E-state index contributed by atoms with van der Waals surface area (Å²) in [4.78, 5) is 24.7. The fraction of sp³-hybridized carbons (Fsp3) is 0.467. The second-order valence-corrected chi connectivity index (χ2v) is 6.31. The van der Waals surface area contributed by atoms with E-state index in [1.807, 2.05) is 6.92 Å². The highest BCUT2D eigenvalue weighted by Gasteiger charge is 2.33. The molecule has 24 heavy (non-hydrogen) atoms. The topological polar surface area (TPSA) is 69.6 Å². The fourth-order valence-corrected chi connectivity index (χ4v) is 2.85. The average molecular weight is 365 g/mol. The van der Waals surface area contributed by atoms with Gasteiger partial charge in [0, 0.05) is 13.1 Å². The lowest BCUT2D eigenvalue weighted by molar-refractivity contribution is -0.143. The number of carboxylic acids is 1. The number of anilines is 1. The van der Waals surface area contributed by atoms with Crippen molar-refractivity contribution >= 4 is 29.3 Å². The van der Waals surface area contributed by atoms with Crippen molar-refractivity contribution in [3.05, 3.63) is 28.8 Å². The van der Waals surface area contributed by atoms with Crippen molar-refractivity contribution in [2.24, 2.45) is 11.8 Å². The molecule has 1 aliphatic rings. The van der Waals surface area contributed by atoms with Gasteiger partial charge in [-0.1, -0.05) is 18.5 Å². The van der Waals surface area contributed by atoms with Crippen LogP contribution in [0.2, 0.25) is 5.02 Å². The number of carbonyl (C=O) groups excluding carboxylic acids is 1. The summed E-state index contributed by atoms with van der Waals surface area (Å²) < 4.78 is 38.3. The van der Waals surface area contributed by atoms with E-state index in [2.05, 4.69) is 5.32 Å². The van der Waals surface area contributed by atoms with E-state index < -0.39 is 29.7 Å². The standard InChI is InChI=1S/C15H16ClF3N2O3/c1-8-4-9(13(22)23)7-21(6-8)14(24)20-12-5-10(15(17,18)19)2-3-11(12)16/h2-3,5,8-9H,4,6-7H2,1H3,(H,20,24)(H,22,23). The van der Waals surface area contributed by atoms with E-state index in [-0.39, 0.29) is 23.2 Å². The summed E-state index contributed by atoms with van der Waals surface area (Å²) in [7, 11) is 0. The van der Waals surface area contributed by atoms with Gasteiger partial charge in [-0.05, 0) is 30.5 Å². The number of nitrogens with zero attached hydrogens (tertiary/aromatic N) is 1. The molecule has 1 saturated heterocycles. The van der Waals surface area contributed by atoms with Gasteiger partial charge in [-0.2, -0.15) is 13.2 Å². The van der Waals surface area contributed by atoms with Gasteiger partial charge in [0.1, 0.15) is 0 Å². The van der Waals surface area contributed by atoms with Crippen molar-refractivity contribution in [3.8, 4) is 0 Å². The molecule has 1 aromatic rings. The van der Waals surface area contributed by atoms with Crippen molar-refractivity contribution in [3.63, 3.8) is 0 Å². The molecule has 0 aromatic heterocycles. The number of likely N-dealkylation sites (tertiary alicyclic amines) is 1. The molecule has 9 heteroatoms. The monoisotopic (exact) mass is 364 g/mol. The molecule has 1 aromatic carbocycles. The minimum atomic E-state index is -4.56. The van der Waals surface area contributed by atoms with Crippen LogP contribution in [0.5, 0.6) is 0 Å². The number of carbonyl (C=O) groups is 2. The smallest absolute Gasteiger partial charge is 0.416 e. The number of halogens is 4. The maximum atomic E-state index is 12.8. The highest BCUT2D eigenvalue weighted by Crippen LogP contribution is 2.34. The van der Waals surface area contributed by atoms with Crippen LogP contribution >= 0.6 is 11.6 Å². The van der Waals surface area contributed by atoms with Gasteiger partial charge < -0.3 is 15.3 Å². The Morgan fingerprint density at radius 2 is 2.00 bits per heavy atom. The number of rotatable bonds is 2. The summed E-state index contributed by atoms with van der Waals surface area (Å²) in [6.07, 6.45) is -4.11. The minimum Gasteiger partial charge on any atom is -0.481 e. The van der Waals surface area contributed by atoms with Crippen molar-refractivity contribution in [1.29, 1.82) is 0 Å². The Kier molecular flexibility index (Phi) is 5.27. The van der Waals surface area contributed by atoms with E-state index in [0.29, 0.717) is 13.0 Å². The lowest BCUT2D eigenvalue weighted by atomic mass is 9.91. The number of urea groups is 1. The molecule has 0 radical (unpaired) electrons. The van der Waals surface area contributed by atoms with Gasteiger partial charge in [0.15, 0.2) is 0 Å². The Hall–Kier alpha value is -1.96. The van der Waals surface area contributed by atoms with Gasteiger partial charge >= 0.3 is 18.2 Å². The molecular weight excluding hydrogens is 349 g/mol. The first-order valence-corrected chi connectivity index (χ1v) is 7.61. The largest absolute Gasteiger partial charge is 0.481 e. The molecule has 2 amide bonds. The molecule has 0 bridgehead atoms. The van der Waals surface area contributed by atoms with Crippen LogP contribution in [0.1, 0.15) is 18.9 Å². The highest BCUT2D eigenvalue weighted by molar-refractivity contribution is 6.33. The first kappa shape index (κ1) is 18.4. The Bertz CT molecular complexity index is 651. The van der Waals surface area contributed by atoms with Gasteiger partial charge in [0.05, 0.1) is 22.2 Å². The summed E-state index contributed by atoms with van der Waals surface area (Å²) in [5, 5.41) is 11.4. The number of alkyl halides is 3. The molecule has 0 saturated carbocycles. The SMILES string of the molecule is CC1CC(C(=O)O)CN(C(=O)Nc2cc(C(F)(F)F)ccc2Cl)C1. The second kappa shape index (κ2) is 6.88. The van der Waals surface area contributed by atoms with Gasteiger partial charge in [-0.25, -0.2) is 4.79 Å². The fourth-order valence-electron chi connectivity index (χ4n) is 2.69. The van der Waals surface area contributed by atoms with Crippen LogP contribution in [0.3, 0.4) is 0 Å². The van der Waals surface area contributed by atoms with Crippen LogP contribution in [-0.4, -0.2) is 35.1 Å². The summed E-state index contributed by atoms with van der Waals surface area (Å²) >= 11 is 5.84. The normalized spacial score (nSPS) is 21.5. The molecule has 1 heterocycles. The lowest BCUT2D eigenvalue weighted by Crippen LogP contribution is -2.47. The predicted octanol–water partition coefficient (Wildman–Crippen LogP) is 3.93. The van der Waals surface area contributed by atoms with Crippen LogP contribution in [-0.2, 0) is 11.0 Å². The third kappa shape index (κ3) is 4.31. The molecule has 2 rings (SSSR count). The van der Waals surface area contributed by atoms with E-state index in [1.54, 1.807) is 0 Å². The number of hydrogen-bond acceptors (Lipinski definition) is 2. The molecule has 1 fully saturated rings. The predicted molar refractivity (Wildman–Crippen MR) is 82.0 cm³/mol. The molecule has 1 aliphatic heterocycles. The molecule has 0 spiro atoms. The molecular formula is C15H16ClF3N2O3. The molecule has 2 N–H and O–H groups in total. The third-order valence-corrected chi connectivity index (χ3v) is 4.16. The third-order valence-electron chi connectivity index (χ3n) is 3.83. The van der Waals surface area contributed by atoms with Crippen molar-refractivity contribution in [2.75, 3.05) is 18.4 Å². The Morgan fingerprint density at radius 3 is 2.58 bits per heavy atom. The van der Waals surface area contributed by atoms with Gasteiger partial charge in [-0.3, -0.25) is 4.79 Å². The molecule has 5 nitrogen and oxygen atoms in total. The van der Waals surface area contributed by atoms with Crippen LogP contribution in [0.15, 0.2) is 18.2 Å². The Labute approximate surface area is 141 Å². The summed E-state index contributed by atoms with van der Waals surface area (Å²) in [5.41, 5.74) is -1.10. The number of nitrogens with one attached hydrogen (secondary N) is 1. The maximum absolute atomic E-state index is 12.8. The average Bonchev–Trinajstić information content (AvgIpc) is 2.47. The minimum absolute atomic E-state index is 0.00207. The van der Waals surface area contributed by atoms with Crippen LogP contribution < -0.4 is 5.32 Å². The first-order chi connectivity index (χ1) is 11.1. The van der Waals surface area contributed by atoms with Crippen molar-refractivity contribution in [2.45, 2.75) is 19.5 Å². The molecule has 2 unspecified atom stereocenters. The van der Waals surface area contributed by atoms with E-state index >= 15 is 0 Å². The van der Waals surface area contributed by atoms with E-state index in [4.69, 9.17) is 16.7 Å². The van der Waals surface area contributed by atoms with Crippen LogP contribution in [0, 0.1) is 11.8 Å². The van der Waals surface area contributed by atoms with Crippen LogP contribution in [0.4, 0.5) is 23.7 Å². The summed E-state index contributed by atoms with van der Waals surface area (Å²) in [6.45, 7) is 2.14. The van der Waals surface area contributed by atoms with Gasteiger partial charge in [0.2, 0.25) is 0 Å². The zero-order chi connectivity index (χ0) is 18.1. The van der Waals surface area contributed by atoms with Crippen LogP contribution in [0.25, 0.3) is 0 Å². The maximum Gasteiger partial charge on any atom is 0.416 e. The molecule has 132 valence electrons. The van der Waals surface area contributed by atoms with E-state index in [1.165, 1.54) is 4.90 Å². The van der Waals surface area contributed by atoms with Crippen molar-refractivity contribution < 1.29 is 27.9 Å². The first-order valence-electron chi connectivity index (χ1n) is 7.23. The number of amides is 2. The molecule has 2 atom stereocenters. The zero-order valence-corrected chi connectivity index (χ0v) is 13.5. The number of benzene rings is 1. The second-order valence-electron chi connectivity index (χ2n) is 5.90. The number of hydrogen-bond donors (Lipinski definition) is 2. The summed E-state index contributed by atoms with van der Waals surface area (Å²) in [6, 6.07) is 1.96. The van der Waals surface area contributed by atoms with Gasteiger partial charge in [0.25, 0.3) is 0 Å². The van der Waals surface area contributed by atoms with Crippen molar-refractivity contribution in [1.82, 2.24) is 4.90 Å². The zero-order valence-electron chi connectivity index (χ0n) is 12.7. The Balaban J connectivity index is 2.16. The van der Waals surface area contributed by atoms with E-state index in [9.17, 15) is 22.8 Å². The lowest BCUT2D eigenvalue weighted by Gasteiger charge is -2.34. The quantitative estimate of drug-likeness (QED) is 0.835. The number of aliphatic carboxylic acids is 1. The molecule has 0 aliphatic carbocycles. The highest BCUT2D eigenvalue weighted by atomic mass is 35.5. The van der Waals surface area contributed by atoms with Gasteiger partial charge in [-0.15, -0.1) is 0 Å². The Morgan fingerprint density at radius 1 is 1.33 bits per heavy atom. The number of piperidine rings is 1.